The number of anilines is 2. The fraction of sp³-hybridized carbons (Fsp3) is 0.400. The summed E-state index contributed by atoms with van der Waals surface area (Å²) in [5.41, 5.74) is 15.4. The molecule has 0 saturated carbocycles. The van der Waals surface area contributed by atoms with Crippen molar-refractivity contribution in [1.29, 1.82) is 0 Å². The van der Waals surface area contributed by atoms with Gasteiger partial charge in [-0.1, -0.05) is 13.8 Å². The van der Waals surface area contributed by atoms with Crippen molar-refractivity contribution < 1.29 is 0 Å². The molecule has 0 spiro atoms. The number of benzene rings is 1. The molecule has 2 heteroatoms. The Balaban J connectivity index is 3.28. The van der Waals surface area contributed by atoms with Gasteiger partial charge in [0.25, 0.3) is 0 Å². The number of hydrogen-bond acceptors (Lipinski definition) is 2. The van der Waals surface area contributed by atoms with Gasteiger partial charge < -0.3 is 11.5 Å². The third kappa shape index (κ3) is 1.52. The van der Waals surface area contributed by atoms with Crippen LogP contribution in [0, 0.1) is 6.92 Å². The van der Waals surface area contributed by atoms with Crippen LogP contribution in [0.1, 0.15) is 30.9 Å². The fourth-order valence-corrected chi connectivity index (χ4v) is 1.38. The molecule has 0 radical (unpaired) electrons. The summed E-state index contributed by atoms with van der Waals surface area (Å²) in [6, 6.07) is 3.80. The molecule has 4 N–H and O–H groups in total. The molecule has 0 aromatic heterocycles. The lowest BCUT2D eigenvalue weighted by Crippen LogP contribution is -2.00. The molecule has 0 aliphatic rings. The van der Waals surface area contributed by atoms with E-state index in [1.165, 1.54) is 5.56 Å². The molecule has 1 rings (SSSR count). The Kier molecular flexibility index (Phi) is 2.27. The average Bonchev–Trinajstić information content (AvgIpc) is 1.96. The van der Waals surface area contributed by atoms with Gasteiger partial charge in [0.1, 0.15) is 0 Å². The van der Waals surface area contributed by atoms with E-state index < -0.39 is 0 Å². The molecule has 0 bridgehead atoms. The Bertz CT molecular complexity index is 290. The van der Waals surface area contributed by atoms with Crippen LogP contribution in [0.3, 0.4) is 0 Å². The Morgan fingerprint density at radius 1 is 1.17 bits per heavy atom. The summed E-state index contributed by atoms with van der Waals surface area (Å²) in [7, 11) is 0. The Labute approximate surface area is 73.6 Å². The zero-order valence-corrected chi connectivity index (χ0v) is 7.89. The second kappa shape index (κ2) is 3.05. The number of rotatable bonds is 1. The minimum atomic E-state index is 0.482. The highest BCUT2D eigenvalue weighted by Crippen LogP contribution is 2.26. The minimum absolute atomic E-state index is 0.482. The van der Waals surface area contributed by atoms with Gasteiger partial charge >= 0.3 is 0 Å². The molecular weight excluding hydrogens is 148 g/mol. The predicted molar refractivity (Wildman–Crippen MR) is 54.1 cm³/mol. The second-order valence-corrected chi connectivity index (χ2v) is 3.48. The fourth-order valence-electron chi connectivity index (χ4n) is 1.38. The Morgan fingerprint density at radius 3 is 2.25 bits per heavy atom. The van der Waals surface area contributed by atoms with Crippen molar-refractivity contribution in [3.8, 4) is 0 Å². The second-order valence-electron chi connectivity index (χ2n) is 3.48. The molecule has 0 amide bonds. The van der Waals surface area contributed by atoms with E-state index in [1.807, 2.05) is 13.0 Å². The van der Waals surface area contributed by atoms with Crippen molar-refractivity contribution in [2.45, 2.75) is 26.7 Å². The van der Waals surface area contributed by atoms with E-state index in [0.717, 1.165) is 16.9 Å². The largest absolute Gasteiger partial charge is 0.399 e. The van der Waals surface area contributed by atoms with Gasteiger partial charge in [-0.05, 0) is 36.1 Å². The molecule has 0 saturated heterocycles. The van der Waals surface area contributed by atoms with Crippen LogP contribution in [0.4, 0.5) is 11.4 Å². The van der Waals surface area contributed by atoms with Gasteiger partial charge in [0.15, 0.2) is 0 Å². The van der Waals surface area contributed by atoms with Crippen LogP contribution in [0.2, 0.25) is 0 Å². The first-order chi connectivity index (χ1) is 5.52. The highest BCUT2D eigenvalue weighted by atomic mass is 14.6. The lowest BCUT2D eigenvalue weighted by atomic mass is 9.96. The van der Waals surface area contributed by atoms with Crippen LogP contribution >= 0.6 is 0 Å². The maximum absolute atomic E-state index is 5.78. The van der Waals surface area contributed by atoms with Crippen molar-refractivity contribution in [2.24, 2.45) is 0 Å². The molecule has 1 aromatic rings. The van der Waals surface area contributed by atoms with E-state index in [2.05, 4.69) is 13.8 Å². The molecule has 0 aliphatic carbocycles. The Hall–Kier alpha value is -1.18. The third-order valence-corrected chi connectivity index (χ3v) is 2.13. The van der Waals surface area contributed by atoms with E-state index >= 15 is 0 Å². The highest BCUT2D eigenvalue weighted by Gasteiger charge is 2.06. The van der Waals surface area contributed by atoms with Crippen molar-refractivity contribution in [3.05, 3.63) is 23.3 Å². The maximum Gasteiger partial charge on any atom is 0.0367 e. The van der Waals surface area contributed by atoms with Gasteiger partial charge in [-0.3, -0.25) is 0 Å². The van der Waals surface area contributed by atoms with Crippen LogP contribution in [-0.2, 0) is 0 Å². The average molecular weight is 164 g/mol. The minimum Gasteiger partial charge on any atom is -0.399 e. The monoisotopic (exact) mass is 164 g/mol. The third-order valence-electron chi connectivity index (χ3n) is 2.13. The van der Waals surface area contributed by atoms with E-state index in [9.17, 15) is 0 Å². The van der Waals surface area contributed by atoms with E-state index in [4.69, 9.17) is 11.5 Å². The van der Waals surface area contributed by atoms with Gasteiger partial charge in [0.2, 0.25) is 0 Å². The van der Waals surface area contributed by atoms with E-state index in [0.29, 0.717) is 5.92 Å². The van der Waals surface area contributed by atoms with Crippen LogP contribution in [-0.4, -0.2) is 0 Å². The highest BCUT2D eigenvalue weighted by molar-refractivity contribution is 5.60. The summed E-state index contributed by atoms with van der Waals surface area (Å²) in [6.45, 7) is 6.31. The van der Waals surface area contributed by atoms with Gasteiger partial charge in [-0.25, -0.2) is 0 Å². The maximum atomic E-state index is 5.78. The van der Waals surface area contributed by atoms with E-state index in [-0.39, 0.29) is 0 Å². The van der Waals surface area contributed by atoms with Crippen molar-refractivity contribution >= 4 is 11.4 Å². The summed E-state index contributed by atoms with van der Waals surface area (Å²) < 4.78 is 0. The van der Waals surface area contributed by atoms with Crippen LogP contribution < -0.4 is 11.5 Å². The number of nitrogens with two attached hydrogens (primary N) is 2. The molecule has 0 atom stereocenters. The van der Waals surface area contributed by atoms with Gasteiger partial charge in [0.05, 0.1) is 0 Å². The number of nitrogen functional groups attached to an aromatic ring is 2. The van der Waals surface area contributed by atoms with Gasteiger partial charge in [0, 0.05) is 11.4 Å². The number of hydrogen-bond donors (Lipinski definition) is 2. The quantitative estimate of drug-likeness (QED) is 0.626. The summed E-state index contributed by atoms with van der Waals surface area (Å²) in [5.74, 6) is 0.482. The van der Waals surface area contributed by atoms with Crippen molar-refractivity contribution in [1.82, 2.24) is 0 Å². The first kappa shape index (κ1) is 8.91. The zero-order chi connectivity index (χ0) is 9.30. The molecular formula is C10H16N2. The zero-order valence-electron chi connectivity index (χ0n) is 7.89. The molecule has 0 aliphatic heterocycles. The Morgan fingerprint density at radius 2 is 1.75 bits per heavy atom. The lowest BCUT2D eigenvalue weighted by molar-refractivity contribution is 0.858. The normalized spacial score (nSPS) is 10.7. The van der Waals surface area contributed by atoms with Crippen LogP contribution in [0.5, 0.6) is 0 Å². The van der Waals surface area contributed by atoms with Crippen molar-refractivity contribution in [3.63, 3.8) is 0 Å². The van der Waals surface area contributed by atoms with Gasteiger partial charge in [-0.15, -0.1) is 0 Å². The lowest BCUT2D eigenvalue weighted by Gasteiger charge is -2.12. The van der Waals surface area contributed by atoms with Crippen LogP contribution in [0.15, 0.2) is 12.1 Å². The van der Waals surface area contributed by atoms with Crippen LogP contribution in [0.25, 0.3) is 0 Å². The summed E-state index contributed by atoms with van der Waals surface area (Å²) >= 11 is 0. The molecule has 0 unspecified atom stereocenters. The van der Waals surface area contributed by atoms with E-state index in [1.54, 1.807) is 6.07 Å². The molecule has 2 nitrogen and oxygen atoms in total. The van der Waals surface area contributed by atoms with Gasteiger partial charge in [-0.2, -0.15) is 0 Å². The first-order valence-corrected chi connectivity index (χ1v) is 4.18. The predicted octanol–water partition coefficient (Wildman–Crippen LogP) is 2.28. The SMILES string of the molecule is Cc1c(N)cc(N)cc1C(C)C. The molecule has 1 aromatic carbocycles. The van der Waals surface area contributed by atoms with Crippen molar-refractivity contribution in [2.75, 3.05) is 11.5 Å². The molecule has 0 fully saturated rings. The smallest absolute Gasteiger partial charge is 0.0367 e. The first-order valence-electron chi connectivity index (χ1n) is 4.18. The molecule has 12 heavy (non-hydrogen) atoms. The molecule has 66 valence electrons. The standard InChI is InChI=1S/C10H16N2/c1-6(2)9-4-8(11)5-10(12)7(9)3/h4-6H,11-12H2,1-3H3. The summed E-state index contributed by atoms with van der Waals surface area (Å²) in [5, 5.41) is 0. The summed E-state index contributed by atoms with van der Waals surface area (Å²) in [6.07, 6.45) is 0. The molecule has 0 heterocycles. The topological polar surface area (TPSA) is 52.0 Å². The summed E-state index contributed by atoms with van der Waals surface area (Å²) in [4.78, 5) is 0.